The fraction of sp³-hybridized carbons (Fsp3) is 0.980. The van der Waals surface area contributed by atoms with E-state index in [1.807, 2.05) is 6.92 Å². The Bertz CT molecular complexity index is 1140. The highest BCUT2D eigenvalue weighted by atomic mass is 16.6. The lowest BCUT2D eigenvalue weighted by molar-refractivity contribution is -0.174. The molecule has 0 spiro atoms. The summed E-state index contributed by atoms with van der Waals surface area (Å²) in [5.41, 5.74) is -5.20. The van der Waals surface area contributed by atoms with Gasteiger partial charge in [-0.3, -0.25) is 4.79 Å². The van der Waals surface area contributed by atoms with E-state index >= 15 is 0 Å². The third-order valence-corrected chi connectivity index (χ3v) is 12.4. The summed E-state index contributed by atoms with van der Waals surface area (Å²) in [6, 6.07) is 0. The minimum Gasteiger partial charge on any atom is -0.463 e. The predicted molar refractivity (Wildman–Crippen MR) is 240 cm³/mol. The highest BCUT2D eigenvalue weighted by Gasteiger charge is 2.57. The lowest BCUT2D eigenvalue weighted by atomic mass is 9.65. The smallest absolute Gasteiger partial charge is 0.306 e. The number of rotatable bonds is 33. The van der Waals surface area contributed by atoms with Crippen LogP contribution in [0.25, 0.3) is 0 Å². The molecule has 59 heavy (non-hydrogen) atoms. The van der Waals surface area contributed by atoms with Gasteiger partial charge < -0.3 is 43.7 Å². The summed E-state index contributed by atoms with van der Waals surface area (Å²) in [5, 5.41) is 31.6. The second-order valence-corrected chi connectivity index (χ2v) is 22.1. The summed E-state index contributed by atoms with van der Waals surface area (Å²) < 4.78 is 39.4. The maximum atomic E-state index is 12.6. The SMILES string of the molecule is CCCCCCCCCCCC(=O)OC(C)CCOC(C)(C)CC(C1OCC(C(C)(C)OCCC(C)(C)O)C1C(C)(C)OCCC(C)(C)O)C(C)(C)OCCC(C)(C)O. The van der Waals surface area contributed by atoms with Crippen molar-refractivity contribution in [1.82, 2.24) is 0 Å². The van der Waals surface area contributed by atoms with Crippen LogP contribution in [0.2, 0.25) is 0 Å². The highest BCUT2D eigenvalue weighted by Crippen LogP contribution is 2.50. The standard InChI is InChI=1S/C49H96O10/c1-17-18-19-20-21-22-23-24-25-26-40(50)59-37(2)27-31-55-46(9,10)35-38(47(11,12)56-32-28-43(3,4)51)42-41(49(15,16)58-34-30-45(7,8)53)39(36-54-42)48(13,14)57-33-29-44(5,6)52/h37-39,41-42,51-53H,17-36H2,1-16H3. The number of esters is 1. The van der Waals surface area contributed by atoms with Gasteiger partial charge >= 0.3 is 5.97 Å². The molecule has 0 aromatic rings. The van der Waals surface area contributed by atoms with Crippen LogP contribution >= 0.6 is 0 Å². The summed E-state index contributed by atoms with van der Waals surface area (Å²) in [4.78, 5) is 12.6. The molecule has 5 atom stereocenters. The first-order valence-corrected chi connectivity index (χ1v) is 23.5. The van der Waals surface area contributed by atoms with Crippen molar-refractivity contribution in [2.75, 3.05) is 33.0 Å². The third-order valence-electron chi connectivity index (χ3n) is 12.4. The number of carbonyl (C=O) groups excluding carboxylic acids is 1. The molecule has 0 radical (unpaired) electrons. The van der Waals surface area contributed by atoms with Gasteiger partial charge in [-0.1, -0.05) is 58.3 Å². The molecule has 1 heterocycles. The molecule has 10 heteroatoms. The molecular weight excluding hydrogens is 749 g/mol. The predicted octanol–water partition coefficient (Wildman–Crippen LogP) is 10.5. The van der Waals surface area contributed by atoms with E-state index in [4.69, 9.17) is 28.4 Å². The van der Waals surface area contributed by atoms with Crippen molar-refractivity contribution < 1.29 is 48.5 Å². The number of unbranched alkanes of at least 4 members (excludes halogenated alkanes) is 8. The molecule has 0 aliphatic carbocycles. The molecule has 1 aliphatic heterocycles. The summed E-state index contributed by atoms with van der Waals surface area (Å²) in [5.74, 6) is -0.533. The van der Waals surface area contributed by atoms with Gasteiger partial charge in [0, 0.05) is 30.6 Å². The molecule has 0 saturated carbocycles. The molecule has 352 valence electrons. The van der Waals surface area contributed by atoms with Crippen LogP contribution in [0.1, 0.15) is 207 Å². The first-order valence-electron chi connectivity index (χ1n) is 23.5. The van der Waals surface area contributed by atoms with Gasteiger partial charge in [0.25, 0.3) is 0 Å². The Morgan fingerprint density at radius 2 is 1.08 bits per heavy atom. The van der Waals surface area contributed by atoms with Crippen LogP contribution in [-0.4, -0.2) is 106 Å². The van der Waals surface area contributed by atoms with Crippen LogP contribution in [0.15, 0.2) is 0 Å². The van der Waals surface area contributed by atoms with Gasteiger partial charge in [0.05, 0.1) is 78.3 Å². The minimum atomic E-state index is -0.875. The van der Waals surface area contributed by atoms with Crippen molar-refractivity contribution in [3.05, 3.63) is 0 Å². The van der Waals surface area contributed by atoms with E-state index in [9.17, 15) is 20.1 Å². The molecule has 1 fully saturated rings. The van der Waals surface area contributed by atoms with E-state index in [0.717, 1.165) is 12.8 Å². The number of carbonyl (C=O) groups is 1. The van der Waals surface area contributed by atoms with Crippen LogP contribution in [0, 0.1) is 17.8 Å². The topological polar surface area (TPSA) is 133 Å². The van der Waals surface area contributed by atoms with Crippen LogP contribution < -0.4 is 0 Å². The summed E-state index contributed by atoms with van der Waals surface area (Å²) in [6.07, 6.45) is 13.4. The van der Waals surface area contributed by atoms with Crippen LogP contribution in [-0.2, 0) is 33.2 Å². The molecule has 3 N–H and O–H groups in total. The van der Waals surface area contributed by atoms with E-state index in [1.165, 1.54) is 44.9 Å². The average molecular weight is 845 g/mol. The summed E-state index contributed by atoms with van der Waals surface area (Å²) in [6.45, 7) is 33.8. The van der Waals surface area contributed by atoms with Gasteiger partial charge in [-0.25, -0.2) is 0 Å². The quantitative estimate of drug-likeness (QED) is 0.0433. The van der Waals surface area contributed by atoms with Gasteiger partial charge in [-0.15, -0.1) is 0 Å². The number of hydrogen-bond acceptors (Lipinski definition) is 10. The monoisotopic (exact) mass is 845 g/mol. The second kappa shape index (κ2) is 24.9. The molecule has 0 aromatic heterocycles. The Hall–Kier alpha value is -0.850. The number of aliphatic hydroxyl groups is 3. The van der Waals surface area contributed by atoms with E-state index < -0.39 is 39.2 Å². The maximum Gasteiger partial charge on any atom is 0.306 e. The Morgan fingerprint density at radius 1 is 0.627 bits per heavy atom. The van der Waals surface area contributed by atoms with E-state index in [0.29, 0.717) is 71.6 Å². The Kier molecular flexibility index (Phi) is 23.7. The van der Waals surface area contributed by atoms with Gasteiger partial charge in [0.15, 0.2) is 0 Å². The normalized spacial score (nSPS) is 19.9. The fourth-order valence-corrected chi connectivity index (χ4v) is 8.30. The van der Waals surface area contributed by atoms with Crippen LogP contribution in [0.5, 0.6) is 0 Å². The van der Waals surface area contributed by atoms with Crippen molar-refractivity contribution in [3.8, 4) is 0 Å². The van der Waals surface area contributed by atoms with Gasteiger partial charge in [-0.2, -0.15) is 0 Å². The van der Waals surface area contributed by atoms with Gasteiger partial charge in [0.2, 0.25) is 0 Å². The van der Waals surface area contributed by atoms with Crippen LogP contribution in [0.4, 0.5) is 0 Å². The first kappa shape index (κ1) is 56.2. The zero-order valence-electron chi connectivity index (χ0n) is 41.2. The highest BCUT2D eigenvalue weighted by molar-refractivity contribution is 5.69. The molecule has 1 aliphatic rings. The van der Waals surface area contributed by atoms with E-state index in [2.05, 4.69) is 62.3 Å². The molecule has 1 saturated heterocycles. The lowest BCUT2D eigenvalue weighted by Gasteiger charge is -2.48. The summed E-state index contributed by atoms with van der Waals surface area (Å²) in [7, 11) is 0. The van der Waals surface area contributed by atoms with Crippen molar-refractivity contribution in [2.45, 2.75) is 259 Å². The van der Waals surface area contributed by atoms with Crippen molar-refractivity contribution in [3.63, 3.8) is 0 Å². The second-order valence-electron chi connectivity index (χ2n) is 22.1. The Labute approximate surface area is 362 Å². The Morgan fingerprint density at radius 3 is 1.58 bits per heavy atom. The molecular formula is C49H96O10. The van der Waals surface area contributed by atoms with Crippen molar-refractivity contribution >= 4 is 5.97 Å². The zero-order chi connectivity index (χ0) is 45.3. The Balaban J connectivity index is 3.23. The molecule has 10 nitrogen and oxygen atoms in total. The van der Waals surface area contributed by atoms with E-state index in [-0.39, 0.29) is 35.9 Å². The minimum absolute atomic E-state index is 0.0729. The molecule has 5 unspecified atom stereocenters. The first-order chi connectivity index (χ1) is 26.9. The van der Waals surface area contributed by atoms with Gasteiger partial charge in [0.1, 0.15) is 6.10 Å². The lowest BCUT2D eigenvalue weighted by Crippen LogP contribution is -2.55. The van der Waals surface area contributed by atoms with Crippen molar-refractivity contribution in [2.24, 2.45) is 17.8 Å². The van der Waals surface area contributed by atoms with Gasteiger partial charge in [-0.05, 0) is 136 Å². The maximum absolute atomic E-state index is 12.6. The van der Waals surface area contributed by atoms with E-state index in [1.54, 1.807) is 41.5 Å². The number of ether oxygens (including phenoxy) is 6. The molecule has 0 bridgehead atoms. The third kappa shape index (κ3) is 24.0. The largest absolute Gasteiger partial charge is 0.463 e. The number of hydrogen-bond donors (Lipinski definition) is 3. The fourth-order valence-electron chi connectivity index (χ4n) is 8.30. The summed E-state index contributed by atoms with van der Waals surface area (Å²) >= 11 is 0. The molecule has 0 amide bonds. The molecule has 0 aromatic carbocycles. The zero-order valence-corrected chi connectivity index (χ0v) is 41.2. The van der Waals surface area contributed by atoms with Crippen molar-refractivity contribution in [1.29, 1.82) is 0 Å². The van der Waals surface area contributed by atoms with Crippen LogP contribution in [0.3, 0.4) is 0 Å². The average Bonchev–Trinajstić information content (AvgIpc) is 3.51. The molecule has 1 rings (SSSR count).